The molecule has 26 heavy (non-hydrogen) atoms. The first kappa shape index (κ1) is 18.1. The fourth-order valence-electron chi connectivity index (χ4n) is 4.26. The maximum Gasteiger partial charge on any atom is 0.125 e. The van der Waals surface area contributed by atoms with Gasteiger partial charge in [-0.25, -0.2) is 0 Å². The highest BCUT2D eigenvalue weighted by Gasteiger charge is 2.42. The van der Waals surface area contributed by atoms with Crippen LogP contribution in [0.3, 0.4) is 0 Å². The van der Waals surface area contributed by atoms with Crippen molar-refractivity contribution in [2.24, 2.45) is 11.8 Å². The molecule has 0 bridgehead atoms. The quantitative estimate of drug-likeness (QED) is 0.852. The van der Waals surface area contributed by atoms with E-state index in [1.165, 1.54) is 0 Å². The Labute approximate surface area is 163 Å². The van der Waals surface area contributed by atoms with E-state index in [0.717, 1.165) is 43.8 Å². The Bertz CT molecular complexity index is 773. The molecule has 1 saturated carbocycles. The molecule has 1 aliphatic heterocycles. The molecule has 0 spiro atoms. The smallest absolute Gasteiger partial charge is 0.125 e. The zero-order chi connectivity index (χ0) is 18.1. The van der Waals surface area contributed by atoms with Gasteiger partial charge in [0.05, 0.1) is 11.1 Å². The molecule has 0 unspecified atom stereocenters. The molecule has 4 nitrogen and oxygen atoms in total. The molecule has 138 valence electrons. The number of hydrogen-bond acceptors (Lipinski definition) is 4. The summed E-state index contributed by atoms with van der Waals surface area (Å²) in [6, 6.07) is 9.34. The number of ether oxygens (including phenoxy) is 1. The van der Waals surface area contributed by atoms with E-state index in [0.29, 0.717) is 21.9 Å². The second kappa shape index (κ2) is 7.73. The average Bonchev–Trinajstić information content (AvgIpc) is 2.96. The second-order valence-electron chi connectivity index (χ2n) is 7.38. The van der Waals surface area contributed by atoms with Crippen LogP contribution in [0.15, 0.2) is 42.7 Å². The van der Waals surface area contributed by atoms with Gasteiger partial charge in [-0.05, 0) is 54.5 Å². The van der Waals surface area contributed by atoms with Gasteiger partial charge in [-0.2, -0.15) is 0 Å². The van der Waals surface area contributed by atoms with Crippen molar-refractivity contribution in [2.75, 3.05) is 13.1 Å². The first-order chi connectivity index (χ1) is 12.6. The molecule has 2 fully saturated rings. The van der Waals surface area contributed by atoms with Crippen LogP contribution in [0.4, 0.5) is 0 Å². The maximum atomic E-state index is 10.6. The third-order valence-electron chi connectivity index (χ3n) is 5.41. The van der Waals surface area contributed by atoms with E-state index in [1.54, 1.807) is 12.3 Å². The molecule has 2 heterocycles. The largest absolute Gasteiger partial charge is 0.488 e. The molecule has 4 rings (SSSR count). The predicted octanol–water partition coefficient (Wildman–Crippen LogP) is 4.04. The summed E-state index contributed by atoms with van der Waals surface area (Å²) in [6.45, 7) is 2.86. The predicted molar refractivity (Wildman–Crippen MR) is 103 cm³/mol. The van der Waals surface area contributed by atoms with Crippen molar-refractivity contribution < 1.29 is 9.84 Å². The van der Waals surface area contributed by atoms with Gasteiger partial charge in [0.15, 0.2) is 0 Å². The fraction of sp³-hybridized carbons (Fsp3) is 0.450. The molecule has 1 aromatic heterocycles. The highest BCUT2D eigenvalue weighted by molar-refractivity contribution is 6.30. The number of pyridine rings is 1. The Morgan fingerprint density at radius 3 is 2.65 bits per heavy atom. The molecule has 1 aliphatic carbocycles. The summed E-state index contributed by atoms with van der Waals surface area (Å²) in [6.07, 6.45) is 4.55. The van der Waals surface area contributed by atoms with Crippen LogP contribution in [0.1, 0.15) is 18.4 Å². The van der Waals surface area contributed by atoms with Crippen molar-refractivity contribution in [1.82, 2.24) is 9.88 Å². The number of aliphatic hydroxyl groups is 1. The van der Waals surface area contributed by atoms with E-state index < -0.39 is 6.10 Å². The summed E-state index contributed by atoms with van der Waals surface area (Å²) in [7, 11) is 0. The zero-order valence-corrected chi connectivity index (χ0v) is 15.9. The zero-order valence-electron chi connectivity index (χ0n) is 14.4. The summed E-state index contributed by atoms with van der Waals surface area (Å²) in [4.78, 5) is 6.59. The van der Waals surface area contributed by atoms with Crippen molar-refractivity contribution >= 4 is 23.2 Å². The number of fused-ring (bicyclic) bond motifs is 1. The lowest BCUT2D eigenvalue weighted by atomic mass is 9.78. The molecule has 1 aromatic carbocycles. The molecule has 2 aromatic rings. The van der Waals surface area contributed by atoms with Crippen molar-refractivity contribution in [2.45, 2.75) is 31.6 Å². The van der Waals surface area contributed by atoms with Crippen LogP contribution in [-0.4, -0.2) is 40.3 Å². The van der Waals surface area contributed by atoms with Gasteiger partial charge in [0, 0.05) is 37.1 Å². The summed E-state index contributed by atoms with van der Waals surface area (Å²) < 4.78 is 6.05. The van der Waals surface area contributed by atoms with Gasteiger partial charge in [-0.3, -0.25) is 9.88 Å². The van der Waals surface area contributed by atoms with Crippen LogP contribution >= 0.6 is 23.2 Å². The van der Waals surface area contributed by atoms with E-state index in [9.17, 15) is 5.11 Å². The molecule has 4 atom stereocenters. The molecule has 6 heteroatoms. The van der Waals surface area contributed by atoms with Gasteiger partial charge in [-0.15, -0.1) is 0 Å². The standard InChI is InChI=1S/C20H22Cl2N2O2/c21-16-2-1-3-18(7-16)26-20-6-15-12-24(11-14(15)5-19(20)25)10-13-4-17(22)9-23-8-13/h1-4,7-9,14-15,19-20,25H,5-6,10-12H2/t14-,15+,19+,20+/m0/s1. The SMILES string of the molecule is O[C@@H]1C[C@H]2CN(Cc3cncc(Cl)c3)C[C@H]2C[C@H]1Oc1cccc(Cl)c1. The second-order valence-corrected chi connectivity index (χ2v) is 8.25. The summed E-state index contributed by atoms with van der Waals surface area (Å²) in [5, 5.41) is 11.9. The number of aromatic nitrogens is 1. The Kier molecular flexibility index (Phi) is 5.37. The lowest BCUT2D eigenvalue weighted by molar-refractivity contribution is -0.0231. The third kappa shape index (κ3) is 4.15. The minimum atomic E-state index is -0.442. The first-order valence-electron chi connectivity index (χ1n) is 8.99. The number of hydrogen-bond donors (Lipinski definition) is 1. The topological polar surface area (TPSA) is 45.6 Å². The van der Waals surface area contributed by atoms with Gasteiger partial charge < -0.3 is 9.84 Å². The normalized spacial score (nSPS) is 28.7. The van der Waals surface area contributed by atoms with Crippen LogP contribution in [0, 0.1) is 11.8 Å². The lowest BCUT2D eigenvalue weighted by Crippen LogP contribution is -2.42. The van der Waals surface area contributed by atoms with E-state index in [4.69, 9.17) is 27.9 Å². The molecule has 0 amide bonds. The maximum absolute atomic E-state index is 10.6. The number of aliphatic hydroxyl groups excluding tert-OH is 1. The van der Waals surface area contributed by atoms with Gasteiger partial charge in [0.1, 0.15) is 11.9 Å². The van der Waals surface area contributed by atoms with Crippen LogP contribution in [0.2, 0.25) is 10.0 Å². The molecule has 0 radical (unpaired) electrons. The fourth-order valence-corrected chi connectivity index (χ4v) is 4.64. The van der Waals surface area contributed by atoms with Crippen molar-refractivity contribution in [3.05, 3.63) is 58.3 Å². The lowest BCUT2D eigenvalue weighted by Gasteiger charge is -2.35. The molecule has 1 N–H and O–H groups in total. The van der Waals surface area contributed by atoms with Crippen molar-refractivity contribution in [1.29, 1.82) is 0 Å². The molecule has 1 saturated heterocycles. The Balaban J connectivity index is 1.38. The Morgan fingerprint density at radius 1 is 1.08 bits per heavy atom. The summed E-state index contributed by atoms with van der Waals surface area (Å²) in [5.74, 6) is 1.77. The van der Waals surface area contributed by atoms with Crippen LogP contribution in [0.25, 0.3) is 0 Å². The highest BCUT2D eigenvalue weighted by Crippen LogP contribution is 2.38. The van der Waals surface area contributed by atoms with E-state index in [1.807, 2.05) is 30.5 Å². The van der Waals surface area contributed by atoms with Crippen molar-refractivity contribution in [3.63, 3.8) is 0 Å². The Morgan fingerprint density at radius 2 is 1.88 bits per heavy atom. The average molecular weight is 393 g/mol. The summed E-state index contributed by atoms with van der Waals surface area (Å²) >= 11 is 12.1. The first-order valence-corrected chi connectivity index (χ1v) is 9.74. The van der Waals surface area contributed by atoms with E-state index in [2.05, 4.69) is 9.88 Å². The van der Waals surface area contributed by atoms with Gasteiger partial charge in [0.2, 0.25) is 0 Å². The summed E-state index contributed by atoms with van der Waals surface area (Å²) in [5.41, 5.74) is 1.13. The highest BCUT2D eigenvalue weighted by atomic mass is 35.5. The van der Waals surface area contributed by atoms with Gasteiger partial charge in [0.25, 0.3) is 0 Å². The van der Waals surface area contributed by atoms with Gasteiger partial charge in [-0.1, -0.05) is 29.3 Å². The van der Waals surface area contributed by atoms with Crippen LogP contribution in [-0.2, 0) is 6.54 Å². The van der Waals surface area contributed by atoms with E-state index in [-0.39, 0.29) is 6.10 Å². The number of rotatable bonds is 4. The van der Waals surface area contributed by atoms with E-state index >= 15 is 0 Å². The van der Waals surface area contributed by atoms with Crippen LogP contribution in [0.5, 0.6) is 5.75 Å². The molecular weight excluding hydrogens is 371 g/mol. The monoisotopic (exact) mass is 392 g/mol. The minimum absolute atomic E-state index is 0.178. The number of benzene rings is 1. The number of halogens is 2. The number of nitrogens with zero attached hydrogens (tertiary/aromatic N) is 2. The third-order valence-corrected chi connectivity index (χ3v) is 5.85. The minimum Gasteiger partial charge on any atom is -0.488 e. The number of likely N-dealkylation sites (tertiary alicyclic amines) is 1. The Hall–Kier alpha value is -1.33. The van der Waals surface area contributed by atoms with Crippen molar-refractivity contribution in [3.8, 4) is 5.75 Å². The molecule has 2 aliphatic rings. The van der Waals surface area contributed by atoms with Gasteiger partial charge >= 0.3 is 0 Å². The van der Waals surface area contributed by atoms with Crippen LogP contribution < -0.4 is 4.74 Å². The molecular formula is C20H22Cl2N2O2.